The van der Waals surface area contributed by atoms with E-state index in [9.17, 15) is 9.59 Å². The molecule has 0 aliphatic carbocycles. The third-order valence-electron chi connectivity index (χ3n) is 4.85. The molecular weight excluding hydrogens is 330 g/mol. The second-order valence-electron chi connectivity index (χ2n) is 6.64. The molecule has 3 rings (SSSR count). The number of nitrogens with zero attached hydrogens (tertiary/aromatic N) is 2. The highest BCUT2D eigenvalue weighted by molar-refractivity contribution is 5.94. The molecule has 0 bridgehead atoms. The lowest BCUT2D eigenvalue weighted by Gasteiger charge is -2.31. The summed E-state index contributed by atoms with van der Waals surface area (Å²) in [5.74, 6) is 0.888. The van der Waals surface area contributed by atoms with Crippen LogP contribution in [0.15, 0.2) is 53.1 Å². The highest BCUT2D eigenvalue weighted by Gasteiger charge is 2.26. The van der Waals surface area contributed by atoms with Gasteiger partial charge in [-0.3, -0.25) is 14.5 Å². The Kier molecular flexibility index (Phi) is 6.07. The fourth-order valence-electron chi connectivity index (χ4n) is 3.18. The Morgan fingerprint density at radius 3 is 2.54 bits per heavy atom. The fraction of sp³-hybridized carbons (Fsp3) is 0.400. The lowest BCUT2D eigenvalue weighted by molar-refractivity contribution is -0.126. The lowest BCUT2D eigenvalue weighted by Crippen LogP contribution is -2.44. The molecule has 26 heavy (non-hydrogen) atoms. The normalized spacial score (nSPS) is 15.6. The summed E-state index contributed by atoms with van der Waals surface area (Å²) in [6.45, 7) is 2.32. The van der Waals surface area contributed by atoms with Gasteiger partial charge in [-0.15, -0.1) is 0 Å². The fourth-order valence-corrected chi connectivity index (χ4v) is 3.18. The molecule has 0 atom stereocenters. The average molecular weight is 355 g/mol. The van der Waals surface area contributed by atoms with E-state index in [1.165, 1.54) is 0 Å². The molecule has 6 heteroatoms. The predicted octanol–water partition coefficient (Wildman–Crippen LogP) is 2.27. The molecule has 1 N–H and O–H groups in total. The Hall–Kier alpha value is -2.60. The molecule has 0 saturated carbocycles. The zero-order chi connectivity index (χ0) is 18.4. The van der Waals surface area contributed by atoms with Crippen molar-refractivity contribution in [2.45, 2.75) is 19.4 Å². The van der Waals surface area contributed by atoms with Crippen LogP contribution in [0.2, 0.25) is 0 Å². The van der Waals surface area contributed by atoms with Crippen LogP contribution >= 0.6 is 0 Å². The second-order valence-corrected chi connectivity index (χ2v) is 6.64. The van der Waals surface area contributed by atoms with Gasteiger partial charge < -0.3 is 14.6 Å². The van der Waals surface area contributed by atoms with Crippen LogP contribution in [-0.2, 0) is 16.1 Å². The summed E-state index contributed by atoms with van der Waals surface area (Å²) >= 11 is 0. The Balaban J connectivity index is 1.42. The van der Waals surface area contributed by atoms with Crippen molar-refractivity contribution < 1.29 is 14.0 Å². The van der Waals surface area contributed by atoms with Gasteiger partial charge in [-0.25, -0.2) is 0 Å². The maximum Gasteiger partial charge on any atom is 0.240 e. The lowest BCUT2D eigenvalue weighted by atomic mass is 9.96. The number of hydrogen-bond acceptors (Lipinski definition) is 4. The molecule has 138 valence electrons. The maximum absolute atomic E-state index is 12.5. The highest BCUT2D eigenvalue weighted by atomic mass is 16.3. The van der Waals surface area contributed by atoms with Gasteiger partial charge in [-0.2, -0.15) is 0 Å². The van der Waals surface area contributed by atoms with E-state index in [4.69, 9.17) is 4.42 Å². The minimum absolute atomic E-state index is 0.00293. The van der Waals surface area contributed by atoms with Crippen LogP contribution in [0, 0.1) is 5.92 Å². The van der Waals surface area contributed by atoms with Gasteiger partial charge in [0.1, 0.15) is 5.76 Å². The molecular formula is C20H25N3O3. The van der Waals surface area contributed by atoms with Crippen molar-refractivity contribution in [3.63, 3.8) is 0 Å². The zero-order valence-corrected chi connectivity index (χ0v) is 15.1. The quantitative estimate of drug-likeness (QED) is 0.863. The summed E-state index contributed by atoms with van der Waals surface area (Å²) in [6.07, 6.45) is 3.14. The zero-order valence-electron chi connectivity index (χ0n) is 15.1. The van der Waals surface area contributed by atoms with Gasteiger partial charge in [0.05, 0.1) is 19.4 Å². The first-order valence-corrected chi connectivity index (χ1v) is 8.97. The third-order valence-corrected chi connectivity index (χ3v) is 4.85. The largest absolute Gasteiger partial charge is 0.467 e. The number of amides is 2. The number of piperidine rings is 1. The molecule has 1 aliphatic rings. The highest BCUT2D eigenvalue weighted by Crippen LogP contribution is 2.18. The smallest absolute Gasteiger partial charge is 0.240 e. The molecule has 1 saturated heterocycles. The van der Waals surface area contributed by atoms with Crippen molar-refractivity contribution in [3.05, 3.63) is 54.5 Å². The number of carbonyl (C=O) groups is 2. The number of anilines is 1. The molecule has 1 aromatic carbocycles. The summed E-state index contributed by atoms with van der Waals surface area (Å²) < 4.78 is 5.23. The van der Waals surface area contributed by atoms with E-state index in [0.717, 1.165) is 37.4 Å². The molecule has 0 radical (unpaired) electrons. The van der Waals surface area contributed by atoms with Crippen molar-refractivity contribution in [1.82, 2.24) is 10.2 Å². The van der Waals surface area contributed by atoms with Gasteiger partial charge in [0, 0.05) is 18.7 Å². The van der Waals surface area contributed by atoms with Crippen molar-refractivity contribution >= 4 is 17.5 Å². The molecule has 2 aromatic rings. The molecule has 1 aromatic heterocycles. The van der Waals surface area contributed by atoms with Crippen molar-refractivity contribution in [2.24, 2.45) is 5.92 Å². The first-order valence-electron chi connectivity index (χ1n) is 8.97. The molecule has 0 spiro atoms. The molecule has 1 aliphatic heterocycles. The van der Waals surface area contributed by atoms with Crippen molar-refractivity contribution in [1.29, 1.82) is 0 Å². The number of rotatable bonds is 6. The van der Waals surface area contributed by atoms with Crippen LogP contribution in [0.5, 0.6) is 0 Å². The number of nitrogens with one attached hydrogen (secondary N) is 1. The van der Waals surface area contributed by atoms with Gasteiger partial charge in [-0.1, -0.05) is 18.2 Å². The SMILES string of the molecule is CN(C(=O)CN1CCC(C(=O)NCc2ccco2)CC1)c1ccccc1. The van der Waals surface area contributed by atoms with Gasteiger partial charge >= 0.3 is 0 Å². The number of likely N-dealkylation sites (N-methyl/N-ethyl adjacent to an activating group) is 1. The van der Waals surface area contributed by atoms with Gasteiger partial charge in [0.15, 0.2) is 0 Å². The van der Waals surface area contributed by atoms with E-state index in [-0.39, 0.29) is 17.7 Å². The average Bonchev–Trinajstić information content (AvgIpc) is 3.20. The van der Waals surface area contributed by atoms with Crippen LogP contribution in [0.4, 0.5) is 5.69 Å². The van der Waals surface area contributed by atoms with Crippen LogP contribution < -0.4 is 10.2 Å². The molecule has 2 heterocycles. The van der Waals surface area contributed by atoms with E-state index in [2.05, 4.69) is 10.2 Å². The number of para-hydroxylation sites is 1. The number of hydrogen-bond donors (Lipinski definition) is 1. The Morgan fingerprint density at radius 2 is 1.88 bits per heavy atom. The number of likely N-dealkylation sites (tertiary alicyclic amines) is 1. The van der Waals surface area contributed by atoms with E-state index < -0.39 is 0 Å². The second kappa shape index (κ2) is 8.67. The first-order chi connectivity index (χ1) is 12.6. The Morgan fingerprint density at radius 1 is 1.15 bits per heavy atom. The van der Waals surface area contributed by atoms with Crippen LogP contribution in [0.1, 0.15) is 18.6 Å². The summed E-state index contributed by atoms with van der Waals surface area (Å²) in [4.78, 5) is 28.5. The molecule has 2 amide bonds. The molecule has 1 fully saturated rings. The molecule has 0 unspecified atom stereocenters. The number of carbonyl (C=O) groups excluding carboxylic acids is 2. The van der Waals surface area contributed by atoms with Crippen molar-refractivity contribution in [2.75, 3.05) is 31.6 Å². The standard InChI is InChI=1S/C20H25N3O3/c1-22(17-6-3-2-4-7-17)19(24)15-23-11-9-16(10-12-23)20(25)21-14-18-8-5-13-26-18/h2-8,13,16H,9-12,14-15H2,1H3,(H,21,25). The Bertz CT molecular complexity index is 707. The van der Waals surface area contributed by atoms with E-state index in [0.29, 0.717) is 13.1 Å². The Labute approximate surface area is 153 Å². The van der Waals surface area contributed by atoms with E-state index >= 15 is 0 Å². The minimum Gasteiger partial charge on any atom is -0.467 e. The summed E-state index contributed by atoms with van der Waals surface area (Å²) in [6, 6.07) is 13.3. The van der Waals surface area contributed by atoms with Crippen LogP contribution in [0.25, 0.3) is 0 Å². The predicted molar refractivity (Wildman–Crippen MR) is 99.6 cm³/mol. The van der Waals surface area contributed by atoms with E-state index in [1.54, 1.807) is 18.2 Å². The topological polar surface area (TPSA) is 65.8 Å². The van der Waals surface area contributed by atoms with Gasteiger partial charge in [0.25, 0.3) is 0 Å². The van der Waals surface area contributed by atoms with E-state index in [1.807, 2.05) is 42.5 Å². The van der Waals surface area contributed by atoms with Crippen LogP contribution in [0.3, 0.4) is 0 Å². The summed E-state index contributed by atoms with van der Waals surface area (Å²) in [7, 11) is 1.80. The van der Waals surface area contributed by atoms with Crippen LogP contribution in [-0.4, -0.2) is 43.4 Å². The summed E-state index contributed by atoms with van der Waals surface area (Å²) in [5.41, 5.74) is 0.893. The molecule has 6 nitrogen and oxygen atoms in total. The number of benzene rings is 1. The first kappa shape index (κ1) is 18.2. The monoisotopic (exact) mass is 355 g/mol. The number of furan rings is 1. The minimum atomic E-state index is 0.00293. The van der Waals surface area contributed by atoms with Crippen molar-refractivity contribution in [3.8, 4) is 0 Å². The van der Waals surface area contributed by atoms with Gasteiger partial charge in [0.2, 0.25) is 11.8 Å². The maximum atomic E-state index is 12.5. The summed E-state index contributed by atoms with van der Waals surface area (Å²) in [5, 5.41) is 2.92. The third kappa shape index (κ3) is 4.73. The van der Waals surface area contributed by atoms with Gasteiger partial charge in [-0.05, 0) is 50.2 Å².